The Morgan fingerprint density at radius 2 is 0.643 bits per heavy atom. The van der Waals surface area contributed by atoms with Gasteiger partial charge < -0.3 is 0 Å². The summed E-state index contributed by atoms with van der Waals surface area (Å²) in [5, 5.41) is 16.5. The zero-order valence-electron chi connectivity index (χ0n) is 15.9. The van der Waals surface area contributed by atoms with Crippen LogP contribution in [-0.2, 0) is 0 Å². The smallest absolute Gasteiger partial charge is 0.00143 e. The highest BCUT2D eigenvalue weighted by Gasteiger charge is 2.17. The number of aryl methyl sites for hydroxylation is 2. The fourth-order valence-electron chi connectivity index (χ4n) is 5.54. The molecule has 0 aliphatic heterocycles. The van der Waals surface area contributed by atoms with E-state index >= 15 is 0 Å². The molecule has 7 aromatic carbocycles. The fraction of sp³-hybridized carbons (Fsp3) is 0.0714. The van der Waals surface area contributed by atoms with Crippen molar-refractivity contribution in [1.29, 1.82) is 0 Å². The van der Waals surface area contributed by atoms with Gasteiger partial charge in [0, 0.05) is 0 Å². The van der Waals surface area contributed by atoms with Crippen LogP contribution in [0.5, 0.6) is 0 Å². The van der Waals surface area contributed by atoms with Gasteiger partial charge in [-0.05, 0) is 89.6 Å². The zero-order chi connectivity index (χ0) is 18.6. The lowest BCUT2D eigenvalue weighted by molar-refractivity contribution is 1.52. The Bertz CT molecular complexity index is 1470. The van der Waals surface area contributed by atoms with Crippen LogP contribution in [0.4, 0.5) is 0 Å². The van der Waals surface area contributed by atoms with Gasteiger partial charge in [0.2, 0.25) is 0 Å². The minimum atomic E-state index is 1.32. The van der Waals surface area contributed by atoms with Gasteiger partial charge in [-0.25, -0.2) is 0 Å². The Hall–Kier alpha value is -3.38. The molecular weight excluding hydrogens is 336 g/mol. The molecule has 0 aliphatic carbocycles. The molecule has 0 bridgehead atoms. The molecule has 0 N–H and O–H groups in total. The molecule has 0 amide bonds. The highest BCUT2D eigenvalue weighted by atomic mass is 14.2. The van der Waals surface area contributed by atoms with Gasteiger partial charge in [-0.15, -0.1) is 0 Å². The zero-order valence-corrected chi connectivity index (χ0v) is 15.9. The molecule has 0 fully saturated rings. The van der Waals surface area contributed by atoms with E-state index in [4.69, 9.17) is 0 Å². The van der Waals surface area contributed by atoms with E-state index in [0.29, 0.717) is 0 Å². The maximum absolute atomic E-state index is 2.33. The normalized spacial score (nSPS) is 12.6. The SMILES string of the molecule is Cc1cc2ccc3c4ccc5cc(C)cc6ccc(c7ccc(c1)c2c37)c4c56. The Morgan fingerprint density at radius 3 is 0.929 bits per heavy atom. The molecule has 7 aromatic rings. The van der Waals surface area contributed by atoms with E-state index in [1.165, 1.54) is 75.8 Å². The highest BCUT2D eigenvalue weighted by Crippen LogP contribution is 2.45. The lowest BCUT2D eigenvalue weighted by Crippen LogP contribution is -1.91. The van der Waals surface area contributed by atoms with Crippen LogP contribution >= 0.6 is 0 Å². The van der Waals surface area contributed by atoms with Crippen molar-refractivity contribution < 1.29 is 0 Å². The first kappa shape index (κ1) is 14.6. The van der Waals surface area contributed by atoms with Gasteiger partial charge in [-0.3, -0.25) is 0 Å². The number of hydrogen-bond acceptors (Lipinski definition) is 0. The summed E-state index contributed by atoms with van der Waals surface area (Å²) >= 11 is 0. The summed E-state index contributed by atoms with van der Waals surface area (Å²) in [5.41, 5.74) is 2.64. The summed E-state index contributed by atoms with van der Waals surface area (Å²) in [5.74, 6) is 0. The molecule has 0 heterocycles. The number of hydrogen-bond donors (Lipinski definition) is 0. The summed E-state index contributed by atoms with van der Waals surface area (Å²) in [7, 11) is 0. The molecule has 0 atom stereocenters. The fourth-order valence-corrected chi connectivity index (χ4v) is 5.54. The van der Waals surface area contributed by atoms with Gasteiger partial charge in [0.15, 0.2) is 0 Å². The van der Waals surface area contributed by atoms with Gasteiger partial charge in [0.05, 0.1) is 0 Å². The molecule has 28 heavy (non-hydrogen) atoms. The van der Waals surface area contributed by atoms with Crippen LogP contribution in [0.3, 0.4) is 0 Å². The molecule has 7 rings (SSSR count). The average molecular weight is 354 g/mol. The second kappa shape index (κ2) is 4.72. The highest BCUT2D eigenvalue weighted by molar-refractivity contribution is 6.39. The number of fused-ring (bicyclic) bond motifs is 2. The maximum Gasteiger partial charge on any atom is -0.00143 e. The van der Waals surface area contributed by atoms with Crippen molar-refractivity contribution >= 4 is 64.6 Å². The van der Waals surface area contributed by atoms with Gasteiger partial charge in [0.25, 0.3) is 0 Å². The van der Waals surface area contributed by atoms with Crippen molar-refractivity contribution in [3.63, 3.8) is 0 Å². The van der Waals surface area contributed by atoms with Crippen LogP contribution < -0.4 is 0 Å². The third-order valence-electron chi connectivity index (χ3n) is 6.56. The second-order valence-electron chi connectivity index (χ2n) is 8.37. The largest absolute Gasteiger partial charge is 0.0537 e. The van der Waals surface area contributed by atoms with Crippen molar-refractivity contribution in [2.45, 2.75) is 13.8 Å². The van der Waals surface area contributed by atoms with E-state index in [0.717, 1.165) is 0 Å². The van der Waals surface area contributed by atoms with Gasteiger partial charge >= 0.3 is 0 Å². The Kier molecular flexibility index (Phi) is 2.47. The minimum absolute atomic E-state index is 1.32. The molecule has 0 aromatic heterocycles. The van der Waals surface area contributed by atoms with Crippen molar-refractivity contribution in [2.24, 2.45) is 0 Å². The van der Waals surface area contributed by atoms with Crippen LogP contribution in [0.25, 0.3) is 64.6 Å². The third kappa shape index (κ3) is 1.63. The third-order valence-corrected chi connectivity index (χ3v) is 6.56. The van der Waals surface area contributed by atoms with Crippen LogP contribution in [-0.4, -0.2) is 0 Å². The first-order valence-electron chi connectivity index (χ1n) is 9.95. The Balaban J connectivity index is 1.87. The van der Waals surface area contributed by atoms with Gasteiger partial charge in [-0.2, -0.15) is 0 Å². The topological polar surface area (TPSA) is 0 Å². The molecule has 0 heteroatoms. The van der Waals surface area contributed by atoms with Crippen molar-refractivity contribution in [3.8, 4) is 0 Å². The molecular formula is C28H18. The van der Waals surface area contributed by atoms with Crippen molar-refractivity contribution in [2.75, 3.05) is 0 Å². The molecule has 130 valence electrons. The Labute approximate surface area is 162 Å². The number of rotatable bonds is 0. The summed E-state index contributed by atoms with van der Waals surface area (Å²) in [6.07, 6.45) is 0. The van der Waals surface area contributed by atoms with Gasteiger partial charge in [0.1, 0.15) is 0 Å². The molecule has 0 saturated heterocycles. The van der Waals surface area contributed by atoms with E-state index in [9.17, 15) is 0 Å². The monoisotopic (exact) mass is 354 g/mol. The summed E-state index contributed by atoms with van der Waals surface area (Å²) in [4.78, 5) is 0. The minimum Gasteiger partial charge on any atom is -0.0537 e. The first-order valence-corrected chi connectivity index (χ1v) is 9.95. The van der Waals surface area contributed by atoms with Crippen LogP contribution in [0.1, 0.15) is 11.1 Å². The lowest BCUT2D eigenvalue weighted by atomic mass is 9.85. The maximum atomic E-state index is 2.33. The summed E-state index contributed by atoms with van der Waals surface area (Å²) < 4.78 is 0. The number of benzene rings is 7. The molecule has 0 aliphatic rings. The Morgan fingerprint density at radius 1 is 0.357 bits per heavy atom. The summed E-state index contributed by atoms with van der Waals surface area (Å²) in [6, 6.07) is 27.8. The molecule has 0 unspecified atom stereocenters. The lowest BCUT2D eigenvalue weighted by Gasteiger charge is -2.18. The van der Waals surface area contributed by atoms with Crippen molar-refractivity contribution in [1.82, 2.24) is 0 Å². The first-order chi connectivity index (χ1) is 13.7. The van der Waals surface area contributed by atoms with Gasteiger partial charge in [-0.1, -0.05) is 72.8 Å². The predicted molar refractivity (Wildman–Crippen MR) is 123 cm³/mol. The van der Waals surface area contributed by atoms with Crippen LogP contribution in [0.2, 0.25) is 0 Å². The standard InChI is InChI=1S/C28H18/c1-15-11-17-3-7-21-23-9-5-19-13-16(2)14-20-6-10-24(28(23)26(19)20)22-8-4-18(12-15)25(17)27(21)22/h3-14H,1-2H3. The molecule has 0 nitrogen and oxygen atoms in total. The predicted octanol–water partition coefficient (Wildman–Crippen LogP) is 8.10. The average Bonchev–Trinajstić information content (AvgIpc) is 2.69. The van der Waals surface area contributed by atoms with E-state index in [1.54, 1.807) is 0 Å². The molecule has 0 spiro atoms. The van der Waals surface area contributed by atoms with Crippen molar-refractivity contribution in [3.05, 3.63) is 83.9 Å². The second-order valence-corrected chi connectivity index (χ2v) is 8.37. The van der Waals surface area contributed by atoms with E-state index in [-0.39, 0.29) is 0 Å². The molecule has 0 radical (unpaired) electrons. The van der Waals surface area contributed by atoms with E-state index in [2.05, 4.69) is 86.6 Å². The van der Waals surface area contributed by atoms with E-state index in [1.807, 2.05) is 0 Å². The summed E-state index contributed by atoms with van der Waals surface area (Å²) in [6.45, 7) is 4.37. The quantitative estimate of drug-likeness (QED) is 0.191. The van der Waals surface area contributed by atoms with E-state index < -0.39 is 0 Å². The molecule has 0 saturated carbocycles. The van der Waals surface area contributed by atoms with Crippen LogP contribution in [0.15, 0.2) is 72.8 Å². The van der Waals surface area contributed by atoms with Crippen LogP contribution in [0, 0.1) is 13.8 Å².